The Bertz CT molecular complexity index is 367. The van der Waals surface area contributed by atoms with E-state index in [0.29, 0.717) is 0 Å². The Morgan fingerprint density at radius 2 is 1.76 bits per heavy atom. The molecule has 1 nitrogen and oxygen atoms in total. The molecular weight excluding hydrogens is 226 g/mol. The third-order valence-electron chi connectivity index (χ3n) is 4.04. The summed E-state index contributed by atoms with van der Waals surface area (Å²) in [5, 5.41) is 4.36. The van der Waals surface area contributed by atoms with Gasteiger partial charge in [-0.05, 0) is 56.3 Å². The van der Waals surface area contributed by atoms with Gasteiger partial charge >= 0.3 is 0 Å². The molecule has 2 aliphatic rings. The summed E-state index contributed by atoms with van der Waals surface area (Å²) in [6.07, 6.45) is 6.90. The molecule has 1 heterocycles. The van der Waals surface area contributed by atoms with Crippen LogP contribution in [0.3, 0.4) is 0 Å². The third kappa shape index (κ3) is 2.69. The summed E-state index contributed by atoms with van der Waals surface area (Å²) in [5.74, 6) is 0.792. The number of rotatable bonds is 3. The van der Waals surface area contributed by atoms with Gasteiger partial charge < -0.3 is 5.32 Å². The molecule has 0 spiro atoms. The van der Waals surface area contributed by atoms with E-state index >= 15 is 0 Å². The van der Waals surface area contributed by atoms with E-state index < -0.39 is 0 Å². The maximum absolute atomic E-state index is 3.46. The SMILES string of the molecule is c1ccc(C2CCNCC2)c(SC2CCC2)c1. The fourth-order valence-corrected chi connectivity index (χ4v) is 4.18. The smallest absolute Gasteiger partial charge is 0.0110 e. The normalized spacial score (nSPS) is 22.4. The van der Waals surface area contributed by atoms with Crippen LogP contribution in [-0.2, 0) is 0 Å². The molecule has 1 aliphatic carbocycles. The summed E-state index contributed by atoms with van der Waals surface area (Å²) in [4.78, 5) is 1.56. The molecule has 3 rings (SSSR count). The third-order valence-corrected chi connectivity index (χ3v) is 5.47. The summed E-state index contributed by atoms with van der Waals surface area (Å²) >= 11 is 2.13. The molecule has 0 atom stereocenters. The van der Waals surface area contributed by atoms with E-state index in [2.05, 4.69) is 41.3 Å². The molecule has 0 bridgehead atoms. The molecule has 1 aromatic carbocycles. The minimum atomic E-state index is 0.792. The van der Waals surface area contributed by atoms with E-state index in [1.165, 1.54) is 45.2 Å². The van der Waals surface area contributed by atoms with E-state index in [4.69, 9.17) is 0 Å². The van der Waals surface area contributed by atoms with E-state index in [0.717, 1.165) is 11.2 Å². The van der Waals surface area contributed by atoms with Gasteiger partial charge in [-0.25, -0.2) is 0 Å². The van der Waals surface area contributed by atoms with Crippen LogP contribution in [0.25, 0.3) is 0 Å². The molecule has 0 aromatic heterocycles. The van der Waals surface area contributed by atoms with Crippen molar-refractivity contribution in [3.8, 4) is 0 Å². The van der Waals surface area contributed by atoms with E-state index in [1.54, 1.807) is 10.5 Å². The molecule has 1 aromatic rings. The number of thioether (sulfide) groups is 1. The van der Waals surface area contributed by atoms with Gasteiger partial charge in [-0.15, -0.1) is 11.8 Å². The highest BCUT2D eigenvalue weighted by Gasteiger charge is 2.22. The Hall–Kier alpha value is -0.470. The lowest BCUT2D eigenvalue weighted by molar-refractivity contribution is 0.456. The van der Waals surface area contributed by atoms with Crippen LogP contribution in [0, 0.1) is 0 Å². The Morgan fingerprint density at radius 3 is 2.47 bits per heavy atom. The van der Waals surface area contributed by atoms with Gasteiger partial charge in [0.1, 0.15) is 0 Å². The monoisotopic (exact) mass is 247 g/mol. The standard InChI is InChI=1S/C15H21NS/c1-2-7-15(17-13-4-3-5-13)14(6-1)12-8-10-16-11-9-12/h1-2,6-7,12-13,16H,3-5,8-11H2. The van der Waals surface area contributed by atoms with E-state index in [1.807, 2.05) is 0 Å². The van der Waals surface area contributed by atoms with Crippen LogP contribution in [0.5, 0.6) is 0 Å². The van der Waals surface area contributed by atoms with Crippen LogP contribution in [0.2, 0.25) is 0 Å². The Morgan fingerprint density at radius 1 is 1.00 bits per heavy atom. The van der Waals surface area contributed by atoms with Crippen molar-refractivity contribution in [1.29, 1.82) is 0 Å². The largest absolute Gasteiger partial charge is 0.317 e. The first kappa shape index (κ1) is 11.6. The average molecular weight is 247 g/mol. The highest BCUT2D eigenvalue weighted by Crippen LogP contribution is 2.40. The summed E-state index contributed by atoms with van der Waals surface area (Å²) in [6, 6.07) is 9.10. The van der Waals surface area contributed by atoms with Crippen molar-refractivity contribution in [3.63, 3.8) is 0 Å². The summed E-state index contributed by atoms with van der Waals surface area (Å²) < 4.78 is 0. The van der Waals surface area contributed by atoms with Crippen molar-refractivity contribution in [2.45, 2.75) is 48.2 Å². The first-order valence-electron chi connectivity index (χ1n) is 6.90. The van der Waals surface area contributed by atoms with Crippen LogP contribution in [0.15, 0.2) is 29.2 Å². The van der Waals surface area contributed by atoms with Gasteiger partial charge in [0, 0.05) is 10.1 Å². The molecule has 1 saturated carbocycles. The Labute approximate surface area is 108 Å². The van der Waals surface area contributed by atoms with Gasteiger partial charge in [0.15, 0.2) is 0 Å². The highest BCUT2D eigenvalue weighted by atomic mass is 32.2. The van der Waals surface area contributed by atoms with Gasteiger partial charge in [-0.3, -0.25) is 0 Å². The van der Waals surface area contributed by atoms with Gasteiger partial charge in [0.05, 0.1) is 0 Å². The first-order chi connectivity index (χ1) is 8.43. The maximum Gasteiger partial charge on any atom is 0.0110 e. The van der Waals surface area contributed by atoms with Crippen LogP contribution < -0.4 is 5.32 Å². The summed E-state index contributed by atoms with van der Waals surface area (Å²) in [6.45, 7) is 2.38. The van der Waals surface area contributed by atoms with Crippen LogP contribution in [-0.4, -0.2) is 18.3 Å². The molecular formula is C15H21NS. The Balaban J connectivity index is 1.76. The molecule has 0 radical (unpaired) electrons. The number of hydrogen-bond donors (Lipinski definition) is 1. The first-order valence-corrected chi connectivity index (χ1v) is 7.78. The van der Waals surface area contributed by atoms with Crippen molar-refractivity contribution in [2.24, 2.45) is 0 Å². The zero-order valence-electron chi connectivity index (χ0n) is 10.3. The minimum absolute atomic E-state index is 0.792. The molecule has 1 N–H and O–H groups in total. The van der Waals surface area contributed by atoms with Crippen molar-refractivity contribution >= 4 is 11.8 Å². The zero-order valence-corrected chi connectivity index (χ0v) is 11.1. The maximum atomic E-state index is 3.46. The predicted octanol–water partition coefficient (Wildman–Crippen LogP) is 3.80. The van der Waals surface area contributed by atoms with Gasteiger partial charge in [-0.2, -0.15) is 0 Å². The summed E-state index contributed by atoms with van der Waals surface area (Å²) in [5.41, 5.74) is 1.62. The van der Waals surface area contributed by atoms with E-state index in [9.17, 15) is 0 Å². The fourth-order valence-electron chi connectivity index (χ4n) is 2.73. The number of piperidine rings is 1. The molecule has 0 unspecified atom stereocenters. The highest BCUT2D eigenvalue weighted by molar-refractivity contribution is 8.00. The molecule has 1 aliphatic heterocycles. The van der Waals surface area contributed by atoms with Crippen LogP contribution >= 0.6 is 11.8 Å². The molecule has 0 amide bonds. The van der Waals surface area contributed by atoms with Gasteiger partial charge in [0.2, 0.25) is 0 Å². The van der Waals surface area contributed by atoms with Crippen molar-refractivity contribution in [2.75, 3.05) is 13.1 Å². The Kier molecular flexibility index (Phi) is 3.72. The lowest BCUT2D eigenvalue weighted by Gasteiger charge is -2.29. The lowest BCUT2D eigenvalue weighted by atomic mass is 9.90. The minimum Gasteiger partial charge on any atom is -0.317 e. The molecule has 92 valence electrons. The van der Waals surface area contributed by atoms with Crippen molar-refractivity contribution < 1.29 is 0 Å². The topological polar surface area (TPSA) is 12.0 Å². The van der Waals surface area contributed by atoms with Crippen molar-refractivity contribution in [3.05, 3.63) is 29.8 Å². The van der Waals surface area contributed by atoms with Crippen molar-refractivity contribution in [1.82, 2.24) is 5.32 Å². The number of hydrogen-bond acceptors (Lipinski definition) is 2. The van der Waals surface area contributed by atoms with Gasteiger partial charge in [-0.1, -0.05) is 24.6 Å². The lowest BCUT2D eigenvalue weighted by Crippen LogP contribution is -2.27. The predicted molar refractivity (Wildman–Crippen MR) is 74.8 cm³/mol. The molecule has 2 heteroatoms. The summed E-state index contributed by atoms with van der Waals surface area (Å²) in [7, 11) is 0. The second-order valence-electron chi connectivity index (χ2n) is 5.23. The second-order valence-corrected chi connectivity index (χ2v) is 6.58. The van der Waals surface area contributed by atoms with E-state index in [-0.39, 0.29) is 0 Å². The molecule has 17 heavy (non-hydrogen) atoms. The van der Waals surface area contributed by atoms with Crippen LogP contribution in [0.4, 0.5) is 0 Å². The number of benzene rings is 1. The van der Waals surface area contributed by atoms with Crippen LogP contribution in [0.1, 0.15) is 43.6 Å². The average Bonchev–Trinajstić information content (AvgIpc) is 2.35. The van der Waals surface area contributed by atoms with Gasteiger partial charge in [0.25, 0.3) is 0 Å². The molecule has 1 saturated heterocycles. The number of nitrogens with one attached hydrogen (secondary N) is 1. The second kappa shape index (κ2) is 5.45. The fraction of sp³-hybridized carbons (Fsp3) is 0.600. The zero-order chi connectivity index (χ0) is 11.5. The quantitative estimate of drug-likeness (QED) is 0.872. The molecule has 2 fully saturated rings.